The summed E-state index contributed by atoms with van der Waals surface area (Å²) in [6.45, 7) is 3.94. The van der Waals surface area contributed by atoms with Crippen LogP contribution >= 0.6 is 35.0 Å². The first-order valence-electron chi connectivity index (χ1n) is 7.01. The van der Waals surface area contributed by atoms with Gasteiger partial charge in [-0.3, -0.25) is 4.79 Å². The van der Waals surface area contributed by atoms with Crippen LogP contribution in [0.5, 0.6) is 0 Å². The van der Waals surface area contributed by atoms with E-state index >= 15 is 0 Å². The van der Waals surface area contributed by atoms with Crippen molar-refractivity contribution in [3.63, 3.8) is 0 Å². The molecule has 0 saturated carbocycles. The number of aryl methyl sites for hydroxylation is 1. The van der Waals surface area contributed by atoms with Crippen molar-refractivity contribution >= 4 is 46.6 Å². The summed E-state index contributed by atoms with van der Waals surface area (Å²) in [6, 6.07) is 13.1. The Kier molecular flexibility index (Phi) is 6.18. The lowest BCUT2D eigenvalue weighted by atomic mass is 10.1. The maximum atomic E-state index is 12.3. The number of halogens is 2. The first kappa shape index (κ1) is 17.2. The fourth-order valence-corrected chi connectivity index (χ4v) is 3.29. The Labute approximate surface area is 145 Å². The average Bonchev–Trinajstić information content (AvgIpc) is 2.51. The number of rotatable bonds is 5. The minimum atomic E-state index is -0.276. The van der Waals surface area contributed by atoms with Gasteiger partial charge in [-0.15, -0.1) is 11.8 Å². The lowest BCUT2D eigenvalue weighted by molar-refractivity contribution is -0.115. The summed E-state index contributed by atoms with van der Waals surface area (Å²) in [4.78, 5) is 13.1. The minimum Gasteiger partial charge on any atom is -0.325 e. The van der Waals surface area contributed by atoms with E-state index in [2.05, 4.69) is 12.2 Å². The second kappa shape index (κ2) is 7.91. The molecule has 0 aliphatic carbocycles. The topological polar surface area (TPSA) is 29.1 Å². The van der Waals surface area contributed by atoms with E-state index in [-0.39, 0.29) is 11.2 Å². The van der Waals surface area contributed by atoms with Crippen LogP contribution in [-0.4, -0.2) is 11.2 Å². The highest BCUT2D eigenvalue weighted by Crippen LogP contribution is 2.33. The largest absolute Gasteiger partial charge is 0.325 e. The molecule has 0 radical (unpaired) electrons. The lowest BCUT2D eigenvalue weighted by Crippen LogP contribution is -2.22. The number of hydrogen-bond acceptors (Lipinski definition) is 2. The predicted molar refractivity (Wildman–Crippen MR) is 96.2 cm³/mol. The van der Waals surface area contributed by atoms with Crippen LogP contribution in [0.2, 0.25) is 10.0 Å². The Bertz CT molecular complexity index is 658. The van der Waals surface area contributed by atoms with Crippen molar-refractivity contribution in [3.05, 3.63) is 58.1 Å². The summed E-state index contributed by atoms with van der Waals surface area (Å²) in [6.07, 6.45) is 0.980. The summed E-state index contributed by atoms with van der Waals surface area (Å²) in [5, 5.41) is 3.84. The maximum Gasteiger partial charge on any atom is 0.237 e. The van der Waals surface area contributed by atoms with Crippen molar-refractivity contribution in [2.75, 3.05) is 5.32 Å². The number of carbonyl (C=O) groups is 1. The van der Waals surface area contributed by atoms with Gasteiger partial charge in [0.1, 0.15) is 0 Å². The normalized spacial score (nSPS) is 12.0. The fraction of sp³-hybridized carbons (Fsp3) is 0.235. The number of nitrogens with one attached hydrogen (secondary N) is 1. The molecule has 2 nitrogen and oxygen atoms in total. The summed E-state index contributed by atoms with van der Waals surface area (Å²) in [5.41, 5.74) is 2.04. The van der Waals surface area contributed by atoms with E-state index in [1.165, 1.54) is 17.3 Å². The summed E-state index contributed by atoms with van der Waals surface area (Å²) < 4.78 is 0. The van der Waals surface area contributed by atoms with Crippen LogP contribution in [0, 0.1) is 0 Å². The number of carbonyl (C=O) groups excluding carboxylic acids is 1. The smallest absolute Gasteiger partial charge is 0.237 e. The van der Waals surface area contributed by atoms with Crippen LogP contribution in [0.1, 0.15) is 19.4 Å². The molecule has 1 atom stereocenters. The molecule has 0 fully saturated rings. The van der Waals surface area contributed by atoms with Crippen molar-refractivity contribution in [2.24, 2.45) is 0 Å². The second-order valence-corrected chi connectivity index (χ2v) is 7.10. The Balaban J connectivity index is 2.00. The van der Waals surface area contributed by atoms with E-state index in [9.17, 15) is 4.79 Å². The Hall–Kier alpha value is -1.16. The van der Waals surface area contributed by atoms with Crippen LogP contribution in [-0.2, 0) is 11.2 Å². The van der Waals surface area contributed by atoms with Gasteiger partial charge >= 0.3 is 0 Å². The van der Waals surface area contributed by atoms with Crippen LogP contribution in [0.25, 0.3) is 0 Å². The van der Waals surface area contributed by atoms with E-state index in [4.69, 9.17) is 23.2 Å². The second-order valence-electron chi connectivity index (χ2n) is 4.87. The van der Waals surface area contributed by atoms with Gasteiger partial charge in [0.25, 0.3) is 0 Å². The highest BCUT2D eigenvalue weighted by Gasteiger charge is 2.16. The third-order valence-corrected chi connectivity index (χ3v) is 5.03. The zero-order valence-corrected chi connectivity index (χ0v) is 14.7. The number of anilines is 1. The van der Waals surface area contributed by atoms with Gasteiger partial charge in [-0.2, -0.15) is 0 Å². The molecule has 1 N–H and O–H groups in total. The van der Waals surface area contributed by atoms with E-state index in [0.717, 1.165) is 17.0 Å². The number of hydrogen-bond donors (Lipinski definition) is 1. The Morgan fingerprint density at radius 3 is 2.50 bits per heavy atom. The summed E-state index contributed by atoms with van der Waals surface area (Å²) >= 11 is 13.5. The standard InChI is InChI=1S/C17H17Cl2NOS/c1-3-12-4-7-14(8-5-12)20-17(21)11(2)22-16-10-13(18)6-9-15(16)19/h4-11H,3H2,1-2H3,(H,20,21)/t11-/m0/s1. The predicted octanol–water partition coefficient (Wildman–Crippen LogP) is 5.68. The van der Waals surface area contributed by atoms with Crippen molar-refractivity contribution in [2.45, 2.75) is 30.4 Å². The third kappa shape index (κ3) is 4.67. The summed E-state index contributed by atoms with van der Waals surface area (Å²) in [7, 11) is 0. The van der Waals surface area contributed by atoms with Gasteiger partial charge in [0.2, 0.25) is 5.91 Å². The van der Waals surface area contributed by atoms with Crippen LogP contribution in [0.3, 0.4) is 0 Å². The monoisotopic (exact) mass is 353 g/mol. The minimum absolute atomic E-state index is 0.0645. The van der Waals surface area contributed by atoms with E-state index < -0.39 is 0 Å². The molecule has 0 spiro atoms. The lowest BCUT2D eigenvalue weighted by Gasteiger charge is -2.13. The Morgan fingerprint density at radius 1 is 1.18 bits per heavy atom. The van der Waals surface area contributed by atoms with Gasteiger partial charge in [-0.25, -0.2) is 0 Å². The van der Waals surface area contributed by atoms with Gasteiger partial charge in [0.15, 0.2) is 0 Å². The van der Waals surface area contributed by atoms with E-state index in [0.29, 0.717) is 10.0 Å². The molecule has 2 aromatic carbocycles. The van der Waals surface area contributed by atoms with E-state index in [1.54, 1.807) is 18.2 Å². The van der Waals surface area contributed by atoms with Crippen molar-refractivity contribution in [1.29, 1.82) is 0 Å². The molecule has 2 rings (SSSR count). The number of amides is 1. The molecule has 0 bridgehead atoms. The van der Waals surface area contributed by atoms with Gasteiger partial charge in [0.05, 0.1) is 10.3 Å². The van der Waals surface area contributed by atoms with Crippen molar-refractivity contribution < 1.29 is 4.79 Å². The van der Waals surface area contributed by atoms with E-state index in [1.807, 2.05) is 31.2 Å². The molecular weight excluding hydrogens is 337 g/mol. The quantitative estimate of drug-likeness (QED) is 0.701. The number of thioether (sulfide) groups is 1. The molecule has 22 heavy (non-hydrogen) atoms. The van der Waals surface area contributed by atoms with Gasteiger partial charge < -0.3 is 5.32 Å². The number of benzene rings is 2. The first-order chi connectivity index (χ1) is 10.5. The fourth-order valence-electron chi connectivity index (χ4n) is 1.88. The van der Waals surface area contributed by atoms with Gasteiger partial charge in [0, 0.05) is 15.6 Å². The van der Waals surface area contributed by atoms with Crippen molar-refractivity contribution in [3.8, 4) is 0 Å². The molecule has 0 aliphatic rings. The third-order valence-electron chi connectivity index (χ3n) is 3.20. The van der Waals surface area contributed by atoms with Crippen LogP contribution in [0.15, 0.2) is 47.4 Å². The zero-order valence-electron chi connectivity index (χ0n) is 12.4. The molecule has 0 aliphatic heterocycles. The molecule has 116 valence electrons. The molecule has 0 heterocycles. The molecule has 5 heteroatoms. The molecular formula is C17H17Cl2NOS. The van der Waals surface area contributed by atoms with Gasteiger partial charge in [-0.1, -0.05) is 42.3 Å². The maximum absolute atomic E-state index is 12.3. The molecule has 2 aromatic rings. The van der Waals surface area contributed by atoms with Crippen LogP contribution in [0.4, 0.5) is 5.69 Å². The van der Waals surface area contributed by atoms with Crippen LogP contribution < -0.4 is 5.32 Å². The molecule has 0 unspecified atom stereocenters. The highest BCUT2D eigenvalue weighted by molar-refractivity contribution is 8.00. The van der Waals surface area contributed by atoms with Crippen molar-refractivity contribution in [1.82, 2.24) is 0 Å². The zero-order chi connectivity index (χ0) is 16.1. The molecule has 0 saturated heterocycles. The highest BCUT2D eigenvalue weighted by atomic mass is 35.5. The average molecular weight is 354 g/mol. The van der Waals surface area contributed by atoms with Gasteiger partial charge in [-0.05, 0) is 49.2 Å². The SMILES string of the molecule is CCc1ccc(NC(=O)[C@H](C)Sc2cc(Cl)ccc2Cl)cc1. The molecule has 1 amide bonds. The molecule has 0 aromatic heterocycles. The first-order valence-corrected chi connectivity index (χ1v) is 8.64. The Morgan fingerprint density at radius 2 is 1.86 bits per heavy atom. The summed E-state index contributed by atoms with van der Waals surface area (Å²) in [5.74, 6) is -0.0645.